The third-order valence-electron chi connectivity index (χ3n) is 3.95. The average molecular weight is 310 g/mol. The number of carbonyl (C=O) groups excluding carboxylic acids is 1. The first-order chi connectivity index (χ1) is 11.0. The summed E-state index contributed by atoms with van der Waals surface area (Å²) in [5.74, 6) is 0.484. The predicted molar refractivity (Wildman–Crippen MR) is 93.5 cm³/mol. The van der Waals surface area contributed by atoms with Crippen LogP contribution in [0.4, 0.5) is 5.82 Å². The molecule has 0 aliphatic heterocycles. The Morgan fingerprint density at radius 2 is 2.13 bits per heavy atom. The van der Waals surface area contributed by atoms with Crippen LogP contribution in [0, 0.1) is 12.8 Å². The number of nitrogens with zero attached hydrogens (tertiary/aromatic N) is 3. The van der Waals surface area contributed by atoms with E-state index in [2.05, 4.69) is 36.4 Å². The number of pyridine rings is 1. The van der Waals surface area contributed by atoms with Crippen LogP contribution in [0.5, 0.6) is 0 Å². The average Bonchev–Trinajstić information content (AvgIpc) is 2.84. The molecule has 2 heterocycles. The fourth-order valence-electron chi connectivity index (χ4n) is 2.65. The zero-order chi connectivity index (χ0) is 16.6. The van der Waals surface area contributed by atoms with E-state index >= 15 is 0 Å². The van der Waals surface area contributed by atoms with Crippen LogP contribution in [0.3, 0.4) is 0 Å². The minimum absolute atomic E-state index is 0.0302. The van der Waals surface area contributed by atoms with E-state index in [0.29, 0.717) is 5.82 Å². The zero-order valence-corrected chi connectivity index (χ0v) is 14.1. The molecule has 2 aromatic heterocycles. The van der Waals surface area contributed by atoms with E-state index in [1.165, 1.54) is 0 Å². The van der Waals surface area contributed by atoms with Gasteiger partial charge in [0.1, 0.15) is 0 Å². The highest BCUT2D eigenvalue weighted by atomic mass is 16.1. The number of aryl methyl sites for hydroxylation is 2. The van der Waals surface area contributed by atoms with Crippen molar-refractivity contribution in [2.75, 3.05) is 5.32 Å². The van der Waals surface area contributed by atoms with Crippen molar-refractivity contribution in [3.8, 4) is 0 Å². The highest BCUT2D eigenvalue weighted by Crippen LogP contribution is 2.27. The summed E-state index contributed by atoms with van der Waals surface area (Å²) >= 11 is 0. The van der Waals surface area contributed by atoms with E-state index in [-0.39, 0.29) is 11.8 Å². The third-order valence-corrected chi connectivity index (χ3v) is 3.95. The molecule has 0 spiro atoms. The minimum Gasteiger partial charge on any atom is -0.308 e. The summed E-state index contributed by atoms with van der Waals surface area (Å²) < 4.78 is 1.89. The number of aromatic nitrogens is 3. The lowest BCUT2D eigenvalue weighted by atomic mass is 10.1. The van der Waals surface area contributed by atoms with Gasteiger partial charge in [-0.2, -0.15) is 5.10 Å². The number of amides is 1. The maximum absolute atomic E-state index is 12.1. The largest absolute Gasteiger partial charge is 0.308 e. The first-order valence-electron chi connectivity index (χ1n) is 8.09. The van der Waals surface area contributed by atoms with Crippen molar-refractivity contribution in [3.05, 3.63) is 29.8 Å². The predicted octanol–water partition coefficient (Wildman–Crippen LogP) is 3.90. The third kappa shape index (κ3) is 2.79. The van der Waals surface area contributed by atoms with Crippen molar-refractivity contribution >= 4 is 33.7 Å². The quantitative estimate of drug-likeness (QED) is 0.795. The summed E-state index contributed by atoms with van der Waals surface area (Å²) in [5, 5.41) is 9.47. The second-order valence-corrected chi connectivity index (χ2v) is 6.22. The first kappa shape index (κ1) is 15.5. The molecule has 1 aromatic carbocycles. The number of fused-ring (bicyclic) bond motifs is 2. The van der Waals surface area contributed by atoms with Gasteiger partial charge in [0.2, 0.25) is 5.91 Å². The molecule has 3 aromatic rings. The molecule has 0 atom stereocenters. The molecule has 0 saturated carbocycles. The van der Waals surface area contributed by atoms with Gasteiger partial charge in [-0.05, 0) is 25.0 Å². The molecule has 0 saturated heterocycles. The summed E-state index contributed by atoms with van der Waals surface area (Å²) in [6.45, 7) is 8.68. The summed E-state index contributed by atoms with van der Waals surface area (Å²) in [6.07, 6.45) is 0.960. The second kappa shape index (κ2) is 5.99. The van der Waals surface area contributed by atoms with Gasteiger partial charge in [0.05, 0.1) is 10.9 Å². The Kier molecular flexibility index (Phi) is 4.03. The van der Waals surface area contributed by atoms with Crippen molar-refractivity contribution in [1.82, 2.24) is 14.8 Å². The van der Waals surface area contributed by atoms with Gasteiger partial charge in [0, 0.05) is 17.8 Å². The van der Waals surface area contributed by atoms with Gasteiger partial charge >= 0.3 is 0 Å². The lowest BCUT2D eigenvalue weighted by Crippen LogP contribution is -2.18. The highest BCUT2D eigenvalue weighted by Gasteiger charge is 2.16. The van der Waals surface area contributed by atoms with Crippen LogP contribution in [-0.4, -0.2) is 20.7 Å². The van der Waals surface area contributed by atoms with Crippen LogP contribution in [-0.2, 0) is 11.3 Å². The number of hydrogen-bond donors (Lipinski definition) is 1. The van der Waals surface area contributed by atoms with E-state index in [4.69, 9.17) is 4.98 Å². The highest BCUT2D eigenvalue weighted by molar-refractivity contribution is 6.03. The number of hydrogen-bond acceptors (Lipinski definition) is 3. The SMILES string of the molecule is CCCn1nc(NC(=O)C(C)C)c2cc3cccc(C)c3nc21. The number of anilines is 1. The molecule has 1 amide bonds. The Labute approximate surface area is 135 Å². The van der Waals surface area contributed by atoms with Crippen molar-refractivity contribution in [2.45, 2.75) is 40.7 Å². The second-order valence-electron chi connectivity index (χ2n) is 6.22. The number of rotatable bonds is 4. The molecule has 120 valence electrons. The maximum atomic E-state index is 12.1. The van der Waals surface area contributed by atoms with Crippen LogP contribution >= 0.6 is 0 Å². The Balaban J connectivity index is 2.22. The lowest BCUT2D eigenvalue weighted by molar-refractivity contribution is -0.118. The van der Waals surface area contributed by atoms with Crippen LogP contribution < -0.4 is 5.32 Å². The normalized spacial score (nSPS) is 11.5. The van der Waals surface area contributed by atoms with Crippen LogP contribution in [0.2, 0.25) is 0 Å². The fourth-order valence-corrected chi connectivity index (χ4v) is 2.65. The molecule has 5 nitrogen and oxygen atoms in total. The number of benzene rings is 1. The van der Waals surface area contributed by atoms with Crippen LogP contribution in [0.1, 0.15) is 32.8 Å². The van der Waals surface area contributed by atoms with Crippen molar-refractivity contribution in [3.63, 3.8) is 0 Å². The molecule has 3 rings (SSSR count). The van der Waals surface area contributed by atoms with Gasteiger partial charge < -0.3 is 5.32 Å². The molecule has 0 aliphatic carbocycles. The van der Waals surface area contributed by atoms with Gasteiger partial charge in [-0.3, -0.25) is 4.79 Å². The lowest BCUT2D eigenvalue weighted by Gasteiger charge is -2.05. The first-order valence-corrected chi connectivity index (χ1v) is 8.09. The smallest absolute Gasteiger partial charge is 0.228 e. The molecule has 0 fully saturated rings. The summed E-state index contributed by atoms with van der Waals surface area (Å²) in [6, 6.07) is 8.19. The van der Waals surface area contributed by atoms with E-state index in [1.54, 1.807) is 0 Å². The van der Waals surface area contributed by atoms with Gasteiger partial charge in [0.25, 0.3) is 0 Å². The van der Waals surface area contributed by atoms with Crippen molar-refractivity contribution in [2.24, 2.45) is 5.92 Å². The molecule has 5 heteroatoms. The van der Waals surface area contributed by atoms with Gasteiger partial charge in [-0.1, -0.05) is 39.0 Å². The number of carbonyl (C=O) groups is 1. The Bertz CT molecular complexity index is 879. The topological polar surface area (TPSA) is 59.8 Å². The van der Waals surface area contributed by atoms with E-state index in [0.717, 1.165) is 40.5 Å². The van der Waals surface area contributed by atoms with Crippen LogP contribution in [0.25, 0.3) is 21.9 Å². The minimum atomic E-state index is -0.0861. The standard InChI is InChI=1S/C18H22N4O/c1-5-9-22-17-14(16(21-22)20-18(23)11(2)3)10-13-8-6-7-12(4)15(13)19-17/h6-8,10-11H,5,9H2,1-4H3,(H,20,21,23). The van der Waals surface area contributed by atoms with Gasteiger partial charge in [-0.15, -0.1) is 0 Å². The Hall–Kier alpha value is -2.43. The molecule has 0 bridgehead atoms. The van der Waals surface area contributed by atoms with Crippen molar-refractivity contribution in [1.29, 1.82) is 0 Å². The monoisotopic (exact) mass is 310 g/mol. The van der Waals surface area contributed by atoms with Crippen molar-refractivity contribution < 1.29 is 4.79 Å². The number of nitrogens with one attached hydrogen (secondary N) is 1. The Morgan fingerprint density at radius 3 is 2.83 bits per heavy atom. The molecular weight excluding hydrogens is 288 g/mol. The molecular formula is C18H22N4O. The maximum Gasteiger partial charge on any atom is 0.228 e. The van der Waals surface area contributed by atoms with Gasteiger partial charge in [0.15, 0.2) is 11.5 Å². The Morgan fingerprint density at radius 1 is 1.35 bits per heavy atom. The van der Waals surface area contributed by atoms with Gasteiger partial charge in [-0.25, -0.2) is 9.67 Å². The number of para-hydroxylation sites is 1. The summed E-state index contributed by atoms with van der Waals surface area (Å²) in [7, 11) is 0. The molecule has 0 radical (unpaired) electrons. The molecule has 0 aliphatic rings. The van der Waals surface area contributed by atoms with Crippen LogP contribution in [0.15, 0.2) is 24.3 Å². The summed E-state index contributed by atoms with van der Waals surface area (Å²) in [4.78, 5) is 16.9. The van der Waals surface area contributed by atoms with E-state index in [9.17, 15) is 4.79 Å². The molecule has 23 heavy (non-hydrogen) atoms. The summed E-state index contributed by atoms with van der Waals surface area (Å²) in [5.41, 5.74) is 2.95. The van der Waals surface area contributed by atoms with E-state index in [1.807, 2.05) is 30.7 Å². The molecule has 1 N–H and O–H groups in total. The van der Waals surface area contributed by atoms with E-state index < -0.39 is 0 Å². The zero-order valence-electron chi connectivity index (χ0n) is 14.1. The fraction of sp³-hybridized carbons (Fsp3) is 0.389. The molecule has 0 unspecified atom stereocenters.